The molecule has 2 aromatic rings. The molecule has 0 radical (unpaired) electrons. The van der Waals surface area contributed by atoms with E-state index in [9.17, 15) is 4.79 Å². The smallest absolute Gasteiger partial charge is 0.272 e. The minimum atomic E-state index is -0.0612. The molecule has 0 unspecified atom stereocenters. The van der Waals surface area contributed by atoms with Crippen molar-refractivity contribution >= 4 is 33.3 Å². The Morgan fingerprint density at radius 2 is 1.92 bits per heavy atom. The van der Waals surface area contributed by atoms with Crippen molar-refractivity contribution in [3.8, 4) is 0 Å². The number of nitrogens with two attached hydrogens (primary N) is 1. The number of pyridine rings is 1. The Morgan fingerprint density at radius 1 is 1.20 bits per heavy atom. The van der Waals surface area contributed by atoms with Crippen LogP contribution in [0.2, 0.25) is 0 Å². The largest absolute Gasteiger partial charge is 0.382 e. The van der Waals surface area contributed by atoms with Gasteiger partial charge in [0.15, 0.2) is 0 Å². The normalized spacial score (nSPS) is 10.5. The molecule has 0 saturated heterocycles. The van der Waals surface area contributed by atoms with Crippen LogP contribution in [0.4, 0.5) is 11.5 Å². The van der Waals surface area contributed by atoms with Crippen molar-refractivity contribution in [1.82, 2.24) is 9.88 Å². The van der Waals surface area contributed by atoms with Gasteiger partial charge in [-0.3, -0.25) is 4.79 Å². The van der Waals surface area contributed by atoms with Gasteiger partial charge in [-0.15, -0.1) is 0 Å². The van der Waals surface area contributed by atoms with E-state index in [4.69, 9.17) is 5.73 Å². The van der Waals surface area contributed by atoms with Crippen LogP contribution in [-0.2, 0) is 6.54 Å². The zero-order valence-corrected chi connectivity index (χ0v) is 16.3. The van der Waals surface area contributed by atoms with Gasteiger partial charge < -0.3 is 16.0 Å². The third-order valence-corrected chi connectivity index (χ3v) is 4.28. The van der Waals surface area contributed by atoms with Crippen molar-refractivity contribution < 1.29 is 4.79 Å². The molecular formula is C19H25BrN4O. The lowest BCUT2D eigenvalue weighted by atomic mass is 10.2. The average Bonchev–Trinajstić information content (AvgIpc) is 2.60. The number of anilines is 2. The third-order valence-electron chi connectivity index (χ3n) is 3.79. The number of carbonyl (C=O) groups is 1. The molecule has 5 nitrogen and oxygen atoms in total. The van der Waals surface area contributed by atoms with E-state index in [0.29, 0.717) is 18.1 Å². The van der Waals surface area contributed by atoms with Gasteiger partial charge in [-0.2, -0.15) is 0 Å². The first-order chi connectivity index (χ1) is 12.0. The second kappa shape index (κ2) is 9.42. The molecule has 0 saturated carbocycles. The van der Waals surface area contributed by atoms with Crippen molar-refractivity contribution in [3.05, 3.63) is 52.1 Å². The topological polar surface area (TPSA) is 71.2 Å². The number of nitrogens with zero attached hydrogens (tertiary/aromatic N) is 2. The summed E-state index contributed by atoms with van der Waals surface area (Å²) >= 11 is 3.46. The van der Waals surface area contributed by atoms with E-state index in [1.807, 2.05) is 35.2 Å². The van der Waals surface area contributed by atoms with Crippen molar-refractivity contribution in [2.75, 3.05) is 24.1 Å². The molecule has 2 rings (SSSR count). The lowest BCUT2D eigenvalue weighted by molar-refractivity contribution is 0.0750. The molecule has 134 valence electrons. The first-order valence-corrected chi connectivity index (χ1v) is 9.38. The van der Waals surface area contributed by atoms with Gasteiger partial charge in [0.25, 0.3) is 5.91 Å². The predicted octanol–water partition coefficient (Wildman–Crippen LogP) is 4.30. The number of amides is 1. The molecule has 0 aliphatic rings. The number of hydrogen-bond acceptors (Lipinski definition) is 4. The van der Waals surface area contributed by atoms with E-state index >= 15 is 0 Å². The van der Waals surface area contributed by atoms with Gasteiger partial charge in [0, 0.05) is 24.1 Å². The number of nitrogens with one attached hydrogen (secondary N) is 1. The molecule has 0 spiro atoms. The Hall–Kier alpha value is -2.08. The quantitative estimate of drug-likeness (QED) is 0.687. The summed E-state index contributed by atoms with van der Waals surface area (Å²) in [7, 11) is 0. The summed E-state index contributed by atoms with van der Waals surface area (Å²) in [6, 6.07) is 11.6. The van der Waals surface area contributed by atoms with Crippen LogP contribution < -0.4 is 11.1 Å². The highest BCUT2D eigenvalue weighted by Gasteiger charge is 2.16. The van der Waals surface area contributed by atoms with Gasteiger partial charge in [-0.25, -0.2) is 4.98 Å². The van der Waals surface area contributed by atoms with Crippen LogP contribution in [-0.4, -0.2) is 28.9 Å². The molecule has 6 heteroatoms. The first-order valence-electron chi connectivity index (χ1n) is 8.59. The Balaban J connectivity index is 2.07. The summed E-state index contributed by atoms with van der Waals surface area (Å²) in [6.45, 7) is 6.23. The number of aromatic nitrogens is 1. The minimum Gasteiger partial charge on any atom is -0.382 e. The average molecular weight is 405 g/mol. The van der Waals surface area contributed by atoms with Crippen LogP contribution in [0.1, 0.15) is 42.7 Å². The van der Waals surface area contributed by atoms with Crippen LogP contribution in [0.25, 0.3) is 0 Å². The molecule has 0 atom stereocenters. The maximum atomic E-state index is 12.6. The molecule has 3 N–H and O–H groups in total. The second-order valence-corrected chi connectivity index (χ2v) is 6.82. The molecule has 0 fully saturated rings. The fraction of sp³-hybridized carbons (Fsp3) is 0.368. The molecule has 1 aromatic carbocycles. The maximum absolute atomic E-state index is 12.6. The van der Waals surface area contributed by atoms with Crippen molar-refractivity contribution in [2.24, 2.45) is 0 Å². The van der Waals surface area contributed by atoms with Gasteiger partial charge in [0.1, 0.15) is 11.5 Å². The van der Waals surface area contributed by atoms with E-state index in [0.717, 1.165) is 41.7 Å². The molecule has 1 heterocycles. The first kappa shape index (κ1) is 19.2. The SMILES string of the molecule is CCCN(CCC)C(=O)c1ccc(NCc2cccc(Br)c2)c(N)n1. The fourth-order valence-corrected chi connectivity index (χ4v) is 3.05. The second-order valence-electron chi connectivity index (χ2n) is 5.90. The predicted molar refractivity (Wildman–Crippen MR) is 107 cm³/mol. The van der Waals surface area contributed by atoms with Crippen LogP contribution >= 0.6 is 15.9 Å². The molecule has 0 bridgehead atoms. The van der Waals surface area contributed by atoms with Gasteiger partial charge >= 0.3 is 0 Å². The van der Waals surface area contributed by atoms with Crippen molar-refractivity contribution in [1.29, 1.82) is 0 Å². The molecular weight excluding hydrogens is 380 g/mol. The summed E-state index contributed by atoms with van der Waals surface area (Å²) in [5, 5.41) is 3.27. The summed E-state index contributed by atoms with van der Waals surface area (Å²) in [5.41, 5.74) is 8.30. The highest BCUT2D eigenvalue weighted by atomic mass is 79.9. The minimum absolute atomic E-state index is 0.0612. The number of rotatable bonds is 8. The lowest BCUT2D eigenvalue weighted by Crippen LogP contribution is -2.33. The molecule has 25 heavy (non-hydrogen) atoms. The van der Waals surface area contributed by atoms with Gasteiger partial charge in [-0.05, 0) is 42.7 Å². The highest BCUT2D eigenvalue weighted by Crippen LogP contribution is 2.19. The fourth-order valence-electron chi connectivity index (χ4n) is 2.60. The third kappa shape index (κ3) is 5.46. The van der Waals surface area contributed by atoms with E-state index in [2.05, 4.69) is 40.1 Å². The highest BCUT2D eigenvalue weighted by molar-refractivity contribution is 9.10. The van der Waals surface area contributed by atoms with Gasteiger partial charge in [0.05, 0.1) is 5.69 Å². The van der Waals surface area contributed by atoms with Gasteiger partial charge in [0.2, 0.25) is 0 Å². The Labute approximate surface area is 157 Å². The summed E-state index contributed by atoms with van der Waals surface area (Å²) in [5.74, 6) is 0.280. The molecule has 1 aromatic heterocycles. The standard InChI is InChI=1S/C19H25BrN4O/c1-3-10-24(11-4-2)19(25)17-9-8-16(18(21)23-17)22-13-14-6-5-7-15(20)12-14/h5-9,12,22H,3-4,10-11,13H2,1-2H3,(H2,21,23). The number of carbonyl (C=O) groups excluding carboxylic acids is 1. The Kier molecular flexibility index (Phi) is 7.25. The van der Waals surface area contributed by atoms with Crippen LogP contribution in [0.5, 0.6) is 0 Å². The molecule has 1 amide bonds. The van der Waals surface area contributed by atoms with E-state index < -0.39 is 0 Å². The summed E-state index contributed by atoms with van der Waals surface area (Å²) in [6.07, 6.45) is 1.85. The van der Waals surface area contributed by atoms with E-state index in [1.54, 1.807) is 6.07 Å². The number of halogens is 1. The van der Waals surface area contributed by atoms with E-state index in [1.165, 1.54) is 0 Å². The van der Waals surface area contributed by atoms with Crippen molar-refractivity contribution in [3.63, 3.8) is 0 Å². The van der Waals surface area contributed by atoms with Crippen molar-refractivity contribution in [2.45, 2.75) is 33.2 Å². The van der Waals surface area contributed by atoms with Crippen LogP contribution in [0, 0.1) is 0 Å². The number of benzene rings is 1. The lowest BCUT2D eigenvalue weighted by Gasteiger charge is -2.21. The molecule has 0 aliphatic heterocycles. The number of nitrogen functional groups attached to an aromatic ring is 1. The zero-order chi connectivity index (χ0) is 18.2. The van der Waals surface area contributed by atoms with Gasteiger partial charge in [-0.1, -0.05) is 41.9 Å². The van der Waals surface area contributed by atoms with E-state index in [-0.39, 0.29) is 5.91 Å². The zero-order valence-electron chi connectivity index (χ0n) is 14.8. The maximum Gasteiger partial charge on any atom is 0.272 e. The Bertz CT molecular complexity index is 714. The summed E-state index contributed by atoms with van der Waals surface area (Å²) in [4.78, 5) is 18.7. The Morgan fingerprint density at radius 3 is 2.52 bits per heavy atom. The monoisotopic (exact) mass is 404 g/mol. The number of hydrogen-bond donors (Lipinski definition) is 2. The summed E-state index contributed by atoms with van der Waals surface area (Å²) < 4.78 is 1.03. The van der Waals surface area contributed by atoms with Crippen LogP contribution in [0.3, 0.4) is 0 Å². The van der Waals surface area contributed by atoms with Crippen LogP contribution in [0.15, 0.2) is 40.9 Å². The molecule has 0 aliphatic carbocycles.